The van der Waals surface area contributed by atoms with Crippen molar-refractivity contribution < 1.29 is 33.3 Å². The van der Waals surface area contributed by atoms with Gasteiger partial charge in [-0.1, -0.05) is 12.1 Å². The first-order valence-corrected chi connectivity index (χ1v) is 10.7. The standard InChI is InChI=1S/C26H25NO7/c1-4-33-18-8-5-7-16(13-18)23-22(24(28)17-10-11-20(31-2)21(14-17)32-3)25(29)26(30)27(23)15-19-9-6-12-34-19/h5-14,23,28H,4,15H2,1-3H3/b24-22+. The number of amides is 1. The van der Waals surface area contributed by atoms with Gasteiger partial charge in [0, 0.05) is 5.56 Å². The molecule has 4 rings (SSSR count). The predicted molar refractivity (Wildman–Crippen MR) is 124 cm³/mol. The number of ether oxygens (including phenoxy) is 3. The van der Waals surface area contributed by atoms with Crippen molar-refractivity contribution in [3.63, 3.8) is 0 Å². The van der Waals surface area contributed by atoms with Crippen molar-refractivity contribution in [3.05, 3.63) is 83.3 Å². The molecular formula is C26H25NO7. The normalized spacial score (nSPS) is 17.1. The molecular weight excluding hydrogens is 438 g/mol. The number of furan rings is 1. The van der Waals surface area contributed by atoms with Crippen molar-refractivity contribution >= 4 is 17.4 Å². The number of nitrogens with zero attached hydrogens (tertiary/aromatic N) is 1. The highest BCUT2D eigenvalue weighted by atomic mass is 16.5. The van der Waals surface area contributed by atoms with Gasteiger partial charge in [-0.15, -0.1) is 0 Å². The molecule has 2 heterocycles. The zero-order valence-electron chi connectivity index (χ0n) is 19.1. The van der Waals surface area contributed by atoms with Crippen molar-refractivity contribution in [1.82, 2.24) is 4.90 Å². The molecule has 1 fully saturated rings. The van der Waals surface area contributed by atoms with Crippen LogP contribution in [0.4, 0.5) is 0 Å². The second kappa shape index (κ2) is 9.74. The highest BCUT2D eigenvalue weighted by molar-refractivity contribution is 6.46. The molecule has 3 aromatic rings. The van der Waals surface area contributed by atoms with E-state index in [0.29, 0.717) is 40.7 Å². The zero-order valence-corrected chi connectivity index (χ0v) is 19.1. The van der Waals surface area contributed by atoms with Crippen LogP contribution in [0.5, 0.6) is 17.2 Å². The topological polar surface area (TPSA) is 98.4 Å². The average Bonchev–Trinajstić information content (AvgIpc) is 3.46. The number of likely N-dealkylation sites (tertiary alicyclic amines) is 1. The molecule has 1 saturated heterocycles. The molecule has 0 saturated carbocycles. The molecule has 0 spiro atoms. The van der Waals surface area contributed by atoms with E-state index in [1.54, 1.807) is 54.6 Å². The van der Waals surface area contributed by atoms with Gasteiger partial charge in [-0.2, -0.15) is 0 Å². The number of benzene rings is 2. The lowest BCUT2D eigenvalue weighted by Gasteiger charge is -2.25. The van der Waals surface area contributed by atoms with Gasteiger partial charge in [0.1, 0.15) is 17.3 Å². The van der Waals surface area contributed by atoms with Crippen LogP contribution in [0.2, 0.25) is 0 Å². The Morgan fingerprint density at radius 1 is 1.03 bits per heavy atom. The van der Waals surface area contributed by atoms with Crippen molar-refractivity contribution in [2.75, 3.05) is 20.8 Å². The molecule has 1 unspecified atom stereocenters. The number of carbonyl (C=O) groups excluding carboxylic acids is 2. The Bertz CT molecular complexity index is 1230. The Kier molecular flexibility index (Phi) is 6.58. The summed E-state index contributed by atoms with van der Waals surface area (Å²) in [5.74, 6) is 0.127. The molecule has 2 aromatic carbocycles. The number of hydrogen-bond donors (Lipinski definition) is 1. The van der Waals surface area contributed by atoms with Crippen molar-refractivity contribution in [1.29, 1.82) is 0 Å². The van der Waals surface area contributed by atoms with Crippen LogP contribution in [0.1, 0.15) is 29.9 Å². The van der Waals surface area contributed by atoms with Gasteiger partial charge in [0.05, 0.1) is 45.2 Å². The number of aliphatic hydroxyl groups excluding tert-OH is 1. The van der Waals surface area contributed by atoms with Gasteiger partial charge >= 0.3 is 0 Å². The summed E-state index contributed by atoms with van der Waals surface area (Å²) in [6.07, 6.45) is 1.50. The minimum atomic E-state index is -0.849. The van der Waals surface area contributed by atoms with Crippen LogP contribution in [0.15, 0.2) is 70.9 Å². The highest BCUT2D eigenvalue weighted by Crippen LogP contribution is 2.42. The Balaban J connectivity index is 1.87. The molecule has 8 nitrogen and oxygen atoms in total. The predicted octanol–water partition coefficient (Wildman–Crippen LogP) is 4.32. The first kappa shape index (κ1) is 23.0. The quantitative estimate of drug-likeness (QED) is 0.302. The van der Waals surface area contributed by atoms with Gasteiger partial charge in [-0.25, -0.2) is 0 Å². The Morgan fingerprint density at radius 3 is 2.50 bits per heavy atom. The third-order valence-corrected chi connectivity index (χ3v) is 5.59. The number of methoxy groups -OCH3 is 2. The molecule has 1 N–H and O–H groups in total. The molecule has 0 radical (unpaired) electrons. The van der Waals surface area contributed by atoms with E-state index in [-0.39, 0.29) is 17.9 Å². The summed E-state index contributed by atoms with van der Waals surface area (Å²) in [4.78, 5) is 27.7. The third kappa shape index (κ3) is 4.22. The molecule has 0 bridgehead atoms. The molecule has 1 amide bonds. The van der Waals surface area contributed by atoms with Gasteiger partial charge in [-0.3, -0.25) is 9.59 Å². The number of carbonyl (C=O) groups is 2. The summed E-state index contributed by atoms with van der Waals surface area (Å²) < 4.78 is 21.6. The van der Waals surface area contributed by atoms with Crippen LogP contribution in [0.3, 0.4) is 0 Å². The molecule has 176 valence electrons. The number of hydrogen-bond acceptors (Lipinski definition) is 7. The van der Waals surface area contributed by atoms with Gasteiger partial charge in [-0.05, 0) is 55.0 Å². The summed E-state index contributed by atoms with van der Waals surface area (Å²) in [6, 6.07) is 14.5. The summed E-state index contributed by atoms with van der Waals surface area (Å²) in [7, 11) is 2.98. The molecule has 0 aliphatic carbocycles. The molecule has 34 heavy (non-hydrogen) atoms. The zero-order chi connectivity index (χ0) is 24.2. The second-order valence-electron chi connectivity index (χ2n) is 7.58. The maximum atomic E-state index is 13.2. The van der Waals surface area contributed by atoms with E-state index in [9.17, 15) is 14.7 Å². The summed E-state index contributed by atoms with van der Waals surface area (Å²) >= 11 is 0. The van der Waals surface area contributed by atoms with Crippen LogP contribution in [-0.2, 0) is 16.1 Å². The average molecular weight is 463 g/mol. The van der Waals surface area contributed by atoms with Crippen molar-refractivity contribution in [3.8, 4) is 17.2 Å². The maximum absolute atomic E-state index is 13.2. The second-order valence-corrected chi connectivity index (χ2v) is 7.58. The summed E-state index contributed by atoms with van der Waals surface area (Å²) in [6.45, 7) is 2.39. The van der Waals surface area contributed by atoms with E-state index >= 15 is 0 Å². The lowest BCUT2D eigenvalue weighted by Crippen LogP contribution is -2.29. The minimum Gasteiger partial charge on any atom is -0.507 e. The van der Waals surface area contributed by atoms with Gasteiger partial charge < -0.3 is 28.6 Å². The van der Waals surface area contributed by atoms with Crippen LogP contribution >= 0.6 is 0 Å². The van der Waals surface area contributed by atoms with Crippen LogP contribution in [-0.4, -0.2) is 42.5 Å². The van der Waals surface area contributed by atoms with E-state index in [0.717, 1.165) is 0 Å². The fraction of sp³-hybridized carbons (Fsp3) is 0.231. The molecule has 1 aromatic heterocycles. The SMILES string of the molecule is CCOc1cccc(C2/C(=C(\O)c3ccc(OC)c(OC)c3)C(=O)C(=O)N2Cc2ccco2)c1. The van der Waals surface area contributed by atoms with Gasteiger partial charge in [0.15, 0.2) is 11.5 Å². The van der Waals surface area contributed by atoms with Gasteiger partial charge in [0.2, 0.25) is 0 Å². The Hall–Kier alpha value is -4.20. The van der Waals surface area contributed by atoms with Gasteiger partial charge in [0.25, 0.3) is 11.7 Å². The lowest BCUT2D eigenvalue weighted by atomic mass is 9.95. The minimum absolute atomic E-state index is 0.0302. The van der Waals surface area contributed by atoms with Crippen LogP contribution in [0.25, 0.3) is 5.76 Å². The first-order chi connectivity index (χ1) is 16.5. The largest absolute Gasteiger partial charge is 0.507 e. The van der Waals surface area contributed by atoms with Crippen LogP contribution < -0.4 is 14.2 Å². The molecule has 1 aliphatic rings. The number of rotatable bonds is 8. The van der Waals surface area contributed by atoms with E-state index in [1.165, 1.54) is 25.4 Å². The Labute approximate surface area is 197 Å². The van der Waals surface area contributed by atoms with E-state index in [1.807, 2.05) is 6.92 Å². The monoisotopic (exact) mass is 463 g/mol. The highest BCUT2D eigenvalue weighted by Gasteiger charge is 2.46. The summed E-state index contributed by atoms with van der Waals surface area (Å²) in [5.41, 5.74) is 0.913. The Morgan fingerprint density at radius 2 is 1.82 bits per heavy atom. The molecule has 8 heteroatoms. The van der Waals surface area contributed by atoms with E-state index < -0.39 is 17.7 Å². The maximum Gasteiger partial charge on any atom is 0.296 e. The molecule has 1 atom stereocenters. The number of aliphatic hydroxyl groups is 1. The number of Topliss-reactive ketones (excluding diaryl/α,β-unsaturated/α-hetero) is 1. The lowest BCUT2D eigenvalue weighted by molar-refractivity contribution is -0.140. The fourth-order valence-electron chi connectivity index (χ4n) is 4.04. The first-order valence-electron chi connectivity index (χ1n) is 10.7. The third-order valence-electron chi connectivity index (χ3n) is 5.59. The van der Waals surface area contributed by atoms with Crippen molar-refractivity contribution in [2.24, 2.45) is 0 Å². The van der Waals surface area contributed by atoms with Crippen LogP contribution in [0, 0.1) is 0 Å². The smallest absolute Gasteiger partial charge is 0.296 e. The van der Waals surface area contributed by atoms with E-state index in [2.05, 4.69) is 0 Å². The van der Waals surface area contributed by atoms with Crippen molar-refractivity contribution in [2.45, 2.75) is 19.5 Å². The number of ketones is 1. The van der Waals surface area contributed by atoms with E-state index in [4.69, 9.17) is 18.6 Å². The molecule has 1 aliphatic heterocycles. The summed E-state index contributed by atoms with van der Waals surface area (Å²) in [5, 5.41) is 11.3. The fourth-order valence-corrected chi connectivity index (χ4v) is 4.04.